The van der Waals surface area contributed by atoms with Gasteiger partial charge in [0.1, 0.15) is 5.69 Å². The van der Waals surface area contributed by atoms with Crippen molar-refractivity contribution in [3.8, 4) is 0 Å². The van der Waals surface area contributed by atoms with Crippen molar-refractivity contribution in [3.63, 3.8) is 0 Å². The van der Waals surface area contributed by atoms with Crippen LogP contribution in [0.4, 0.5) is 0 Å². The van der Waals surface area contributed by atoms with Crippen molar-refractivity contribution in [1.82, 2.24) is 10.3 Å². The first-order valence-corrected chi connectivity index (χ1v) is 5.42. The van der Waals surface area contributed by atoms with Crippen LogP contribution in [-0.2, 0) is 6.54 Å². The molecule has 0 amide bonds. The van der Waals surface area contributed by atoms with E-state index in [4.69, 9.17) is 16.0 Å². The van der Waals surface area contributed by atoms with Gasteiger partial charge in [-0.05, 0) is 17.5 Å². The van der Waals surface area contributed by atoms with Gasteiger partial charge < -0.3 is 21.4 Å². The van der Waals surface area contributed by atoms with Crippen LogP contribution in [0, 0.1) is 5.92 Å². The second-order valence-electron chi connectivity index (χ2n) is 3.92. The summed E-state index contributed by atoms with van der Waals surface area (Å²) >= 11 is 0. The molecule has 1 unspecified atom stereocenters. The lowest BCUT2D eigenvalue weighted by Crippen LogP contribution is -2.25. The van der Waals surface area contributed by atoms with E-state index in [1.54, 1.807) is 12.3 Å². The lowest BCUT2D eigenvalue weighted by molar-refractivity contribution is 0.233. The summed E-state index contributed by atoms with van der Waals surface area (Å²) in [7, 11) is 0. The Kier molecular flexibility index (Phi) is 5.38. The molecule has 6 heteroatoms. The number of nitrogens with two attached hydrogens (primary N) is 1. The third-order valence-electron chi connectivity index (χ3n) is 2.36. The van der Waals surface area contributed by atoms with Crippen LogP contribution in [0.1, 0.15) is 18.2 Å². The Bertz CT molecular complexity index is 381. The van der Waals surface area contributed by atoms with E-state index >= 15 is 0 Å². The first kappa shape index (κ1) is 13.4. The fourth-order valence-electron chi connectivity index (χ4n) is 1.38. The molecule has 1 aromatic heterocycles. The van der Waals surface area contributed by atoms with Crippen LogP contribution in [0.25, 0.3) is 0 Å². The third-order valence-corrected chi connectivity index (χ3v) is 2.36. The molecule has 0 spiro atoms. The first-order chi connectivity index (χ1) is 8.19. The number of amidine groups is 1. The molecule has 1 aromatic rings. The maximum atomic E-state index is 8.89. The molecule has 94 valence electrons. The van der Waals surface area contributed by atoms with Crippen LogP contribution in [-0.4, -0.2) is 34.3 Å². The summed E-state index contributed by atoms with van der Waals surface area (Å²) in [5.74, 6) is 0.191. The molecule has 0 saturated heterocycles. The molecular formula is C11H18N4O2. The minimum absolute atomic E-state index is 0.00222. The molecule has 5 N–H and O–H groups in total. The van der Waals surface area contributed by atoms with E-state index < -0.39 is 0 Å². The highest BCUT2D eigenvalue weighted by Gasteiger charge is 2.08. The number of aromatic nitrogens is 1. The van der Waals surface area contributed by atoms with Gasteiger partial charge in [-0.3, -0.25) is 4.98 Å². The number of nitrogens with one attached hydrogen (secondary N) is 1. The monoisotopic (exact) mass is 238 g/mol. The van der Waals surface area contributed by atoms with Crippen LogP contribution < -0.4 is 11.1 Å². The van der Waals surface area contributed by atoms with Crippen molar-refractivity contribution in [1.29, 1.82) is 0 Å². The average Bonchev–Trinajstić information content (AvgIpc) is 2.38. The Balaban J connectivity index is 2.64. The zero-order valence-electron chi connectivity index (χ0n) is 9.80. The standard InChI is InChI=1S/C11H18N4O2/c1-8(7-16)5-13-6-9-3-2-4-14-10(9)11(12)15-17/h2-4,8,13,16-17H,5-7H2,1H3,(H2,12,15). The van der Waals surface area contributed by atoms with Gasteiger partial charge in [-0.25, -0.2) is 0 Å². The predicted molar refractivity (Wildman–Crippen MR) is 64.7 cm³/mol. The predicted octanol–water partition coefficient (Wildman–Crippen LogP) is -0.106. The van der Waals surface area contributed by atoms with Crippen LogP contribution in [0.3, 0.4) is 0 Å². The topological polar surface area (TPSA) is 104 Å². The fourth-order valence-corrected chi connectivity index (χ4v) is 1.38. The summed E-state index contributed by atoms with van der Waals surface area (Å²) in [5, 5.41) is 23.6. The molecule has 17 heavy (non-hydrogen) atoms. The minimum Gasteiger partial charge on any atom is -0.409 e. The van der Waals surface area contributed by atoms with Crippen molar-refractivity contribution in [2.75, 3.05) is 13.2 Å². The summed E-state index contributed by atoms with van der Waals surface area (Å²) < 4.78 is 0. The number of aliphatic hydroxyl groups is 1. The molecule has 1 rings (SSSR count). The number of aliphatic hydroxyl groups excluding tert-OH is 1. The molecule has 6 nitrogen and oxygen atoms in total. The van der Waals surface area contributed by atoms with Crippen molar-refractivity contribution in [3.05, 3.63) is 29.6 Å². The highest BCUT2D eigenvalue weighted by Crippen LogP contribution is 2.05. The van der Waals surface area contributed by atoms with Gasteiger partial charge in [-0.2, -0.15) is 0 Å². The zero-order valence-corrected chi connectivity index (χ0v) is 9.80. The lowest BCUT2D eigenvalue weighted by Gasteiger charge is -2.11. The minimum atomic E-state index is -0.00222. The third kappa shape index (κ3) is 4.01. The molecular weight excluding hydrogens is 220 g/mol. The Morgan fingerprint density at radius 1 is 1.65 bits per heavy atom. The van der Waals surface area contributed by atoms with Crippen molar-refractivity contribution < 1.29 is 10.3 Å². The van der Waals surface area contributed by atoms with Gasteiger partial charge in [-0.15, -0.1) is 0 Å². The number of rotatable bonds is 6. The van der Waals surface area contributed by atoms with Gasteiger partial charge in [0.15, 0.2) is 5.84 Å². The number of nitrogens with zero attached hydrogens (tertiary/aromatic N) is 2. The molecule has 1 atom stereocenters. The Morgan fingerprint density at radius 2 is 2.41 bits per heavy atom. The van der Waals surface area contributed by atoms with Gasteiger partial charge in [0.25, 0.3) is 0 Å². The van der Waals surface area contributed by atoms with Crippen LogP contribution in [0.5, 0.6) is 0 Å². The van der Waals surface area contributed by atoms with Gasteiger partial charge in [0, 0.05) is 25.9 Å². The zero-order chi connectivity index (χ0) is 12.7. The van der Waals surface area contributed by atoms with E-state index in [0.29, 0.717) is 18.8 Å². The number of hydrogen-bond donors (Lipinski definition) is 4. The summed E-state index contributed by atoms with van der Waals surface area (Å²) in [4.78, 5) is 4.06. The molecule has 0 aliphatic carbocycles. The summed E-state index contributed by atoms with van der Waals surface area (Å²) in [6.45, 7) is 3.35. The quantitative estimate of drug-likeness (QED) is 0.240. The highest BCUT2D eigenvalue weighted by atomic mass is 16.4. The van der Waals surface area contributed by atoms with Crippen LogP contribution in [0.15, 0.2) is 23.5 Å². The number of pyridine rings is 1. The normalized spacial score (nSPS) is 13.6. The summed E-state index contributed by atoms with van der Waals surface area (Å²) in [6.07, 6.45) is 1.59. The SMILES string of the molecule is CC(CO)CNCc1cccnc1C(N)=NO. The first-order valence-electron chi connectivity index (χ1n) is 5.42. The van der Waals surface area contributed by atoms with Gasteiger partial charge in [0.05, 0.1) is 0 Å². The largest absolute Gasteiger partial charge is 0.409 e. The number of oxime groups is 1. The van der Waals surface area contributed by atoms with Crippen LogP contribution >= 0.6 is 0 Å². The molecule has 0 aliphatic rings. The molecule has 1 heterocycles. The Morgan fingerprint density at radius 3 is 3.06 bits per heavy atom. The van der Waals surface area contributed by atoms with E-state index in [9.17, 15) is 0 Å². The molecule has 0 saturated carbocycles. The second kappa shape index (κ2) is 6.82. The molecule has 0 aromatic carbocycles. The van der Waals surface area contributed by atoms with Crippen molar-refractivity contribution in [2.24, 2.45) is 16.8 Å². The summed E-state index contributed by atoms with van der Waals surface area (Å²) in [6, 6.07) is 3.65. The average molecular weight is 238 g/mol. The van der Waals surface area contributed by atoms with Crippen LogP contribution in [0.2, 0.25) is 0 Å². The van der Waals surface area contributed by atoms with E-state index in [-0.39, 0.29) is 18.4 Å². The maximum Gasteiger partial charge on any atom is 0.189 e. The van der Waals surface area contributed by atoms with Crippen molar-refractivity contribution >= 4 is 5.84 Å². The van der Waals surface area contributed by atoms with Crippen molar-refractivity contribution in [2.45, 2.75) is 13.5 Å². The second-order valence-corrected chi connectivity index (χ2v) is 3.92. The Hall–Kier alpha value is -1.66. The van der Waals surface area contributed by atoms with E-state index in [1.807, 2.05) is 13.0 Å². The van der Waals surface area contributed by atoms with E-state index in [0.717, 1.165) is 5.56 Å². The van der Waals surface area contributed by atoms with Gasteiger partial charge in [-0.1, -0.05) is 18.1 Å². The summed E-state index contributed by atoms with van der Waals surface area (Å²) in [5.41, 5.74) is 6.85. The smallest absolute Gasteiger partial charge is 0.189 e. The molecule has 0 radical (unpaired) electrons. The molecule has 0 aliphatic heterocycles. The number of hydrogen-bond acceptors (Lipinski definition) is 5. The Labute approximate surface area is 100 Å². The van der Waals surface area contributed by atoms with E-state index in [2.05, 4.69) is 15.5 Å². The molecule has 0 fully saturated rings. The van der Waals surface area contributed by atoms with Gasteiger partial charge >= 0.3 is 0 Å². The molecule has 0 bridgehead atoms. The van der Waals surface area contributed by atoms with E-state index in [1.165, 1.54) is 0 Å². The lowest BCUT2D eigenvalue weighted by atomic mass is 10.1. The maximum absolute atomic E-state index is 8.89. The highest BCUT2D eigenvalue weighted by molar-refractivity contribution is 5.96. The van der Waals surface area contributed by atoms with Gasteiger partial charge in [0.2, 0.25) is 0 Å². The fraction of sp³-hybridized carbons (Fsp3) is 0.455.